The lowest BCUT2D eigenvalue weighted by Crippen LogP contribution is -2.26. The maximum Gasteiger partial charge on any atom is 0.263 e. The summed E-state index contributed by atoms with van der Waals surface area (Å²) in [6.07, 6.45) is 4.30. The van der Waals surface area contributed by atoms with Gasteiger partial charge in [-0.1, -0.05) is 29.3 Å². The molecule has 0 bridgehead atoms. The number of unbranched alkanes of at least 4 members (excludes halogenated alkanes) is 1. The summed E-state index contributed by atoms with van der Waals surface area (Å²) in [6.45, 7) is 3.97. The molecule has 0 aliphatic carbocycles. The van der Waals surface area contributed by atoms with Crippen molar-refractivity contribution in [3.05, 3.63) is 40.5 Å². The first-order valence-corrected chi connectivity index (χ1v) is 8.45. The van der Waals surface area contributed by atoms with Crippen LogP contribution in [0.3, 0.4) is 0 Å². The van der Waals surface area contributed by atoms with Gasteiger partial charge in [-0.15, -0.1) is 0 Å². The number of carbonyl (C=O) groups is 1. The number of nitrogens with one attached hydrogen (secondary N) is 2. The number of nitriles is 1. The maximum atomic E-state index is 11.9. The molecule has 1 amide bonds. The molecule has 0 heterocycles. The van der Waals surface area contributed by atoms with E-state index in [2.05, 4.69) is 33.5 Å². The van der Waals surface area contributed by atoms with Gasteiger partial charge in [0.15, 0.2) is 0 Å². The lowest BCUT2D eigenvalue weighted by Gasteiger charge is -2.06. The Morgan fingerprint density at radius 2 is 2.00 bits per heavy atom. The molecule has 0 spiro atoms. The van der Waals surface area contributed by atoms with E-state index in [0.717, 1.165) is 36.0 Å². The highest BCUT2D eigenvalue weighted by Gasteiger charge is 2.07. The highest BCUT2D eigenvalue weighted by molar-refractivity contribution is 9.10. The fourth-order valence-electron chi connectivity index (χ4n) is 1.67. The predicted octanol–water partition coefficient (Wildman–Crippen LogP) is 3.59. The average Bonchev–Trinajstić information content (AvgIpc) is 2.56. The number of carbonyl (C=O) groups excluding carboxylic acids is 1. The smallest absolute Gasteiger partial charge is 0.263 e. The first-order valence-electron chi connectivity index (χ1n) is 7.65. The van der Waals surface area contributed by atoms with Gasteiger partial charge in [0.05, 0.1) is 0 Å². The zero-order chi connectivity index (χ0) is 16.9. The van der Waals surface area contributed by atoms with Gasteiger partial charge in [0, 0.05) is 36.1 Å². The van der Waals surface area contributed by atoms with Gasteiger partial charge in [-0.05, 0) is 37.1 Å². The van der Waals surface area contributed by atoms with Gasteiger partial charge in [0.2, 0.25) is 0 Å². The molecule has 6 heteroatoms. The second-order valence-electron chi connectivity index (χ2n) is 4.90. The number of hydrogen-bond donors (Lipinski definition) is 2. The van der Waals surface area contributed by atoms with E-state index in [1.54, 1.807) is 0 Å². The molecule has 0 fully saturated rings. The molecule has 0 radical (unpaired) electrons. The van der Waals surface area contributed by atoms with Crippen molar-refractivity contribution in [3.63, 3.8) is 0 Å². The van der Waals surface area contributed by atoms with Crippen molar-refractivity contribution >= 4 is 27.5 Å². The second kappa shape index (κ2) is 11.7. The van der Waals surface area contributed by atoms with Crippen LogP contribution in [0, 0.1) is 11.3 Å². The molecular weight excluding hydrogens is 358 g/mol. The molecule has 124 valence electrons. The van der Waals surface area contributed by atoms with Crippen molar-refractivity contribution in [3.8, 4) is 6.07 Å². The van der Waals surface area contributed by atoms with Crippen molar-refractivity contribution in [2.45, 2.75) is 26.2 Å². The van der Waals surface area contributed by atoms with E-state index in [1.807, 2.05) is 30.3 Å². The van der Waals surface area contributed by atoms with Crippen molar-refractivity contribution in [1.29, 1.82) is 5.26 Å². The normalized spacial score (nSPS) is 10.9. The van der Waals surface area contributed by atoms with E-state index < -0.39 is 0 Å². The molecule has 0 aliphatic rings. The SMILES string of the molecule is CCCCOCCCNC(=O)/C(C#N)=C\Nc1ccc(Br)cc1. The first kappa shape index (κ1) is 19.2. The summed E-state index contributed by atoms with van der Waals surface area (Å²) in [5.41, 5.74) is 0.845. The average molecular weight is 380 g/mol. The largest absolute Gasteiger partial charge is 0.381 e. The Balaban J connectivity index is 2.32. The quantitative estimate of drug-likeness (QED) is 0.370. The Hall–Kier alpha value is -1.84. The minimum Gasteiger partial charge on any atom is -0.381 e. The molecule has 0 unspecified atom stereocenters. The number of halogens is 1. The lowest BCUT2D eigenvalue weighted by atomic mass is 10.2. The third-order valence-electron chi connectivity index (χ3n) is 2.99. The summed E-state index contributed by atoms with van der Waals surface area (Å²) in [5, 5.41) is 14.7. The van der Waals surface area contributed by atoms with E-state index in [0.29, 0.717) is 13.2 Å². The maximum absolute atomic E-state index is 11.9. The third-order valence-corrected chi connectivity index (χ3v) is 3.51. The minimum atomic E-state index is -0.384. The van der Waals surface area contributed by atoms with Crippen LogP contribution in [0.1, 0.15) is 26.2 Å². The number of ether oxygens (including phenoxy) is 1. The Bertz CT molecular complexity index is 550. The summed E-state index contributed by atoms with van der Waals surface area (Å²) >= 11 is 3.35. The van der Waals surface area contributed by atoms with Crippen LogP contribution >= 0.6 is 15.9 Å². The molecule has 0 aromatic heterocycles. The highest BCUT2D eigenvalue weighted by atomic mass is 79.9. The number of nitrogens with zero attached hydrogens (tertiary/aromatic N) is 1. The predicted molar refractivity (Wildman–Crippen MR) is 94.8 cm³/mol. The van der Waals surface area contributed by atoms with E-state index in [9.17, 15) is 4.79 Å². The van der Waals surface area contributed by atoms with E-state index >= 15 is 0 Å². The molecule has 1 rings (SSSR count). The number of benzene rings is 1. The molecule has 23 heavy (non-hydrogen) atoms. The van der Waals surface area contributed by atoms with Gasteiger partial charge < -0.3 is 15.4 Å². The molecule has 5 nitrogen and oxygen atoms in total. The molecule has 1 aromatic rings. The molecule has 2 N–H and O–H groups in total. The van der Waals surface area contributed by atoms with Gasteiger partial charge >= 0.3 is 0 Å². The van der Waals surface area contributed by atoms with E-state index in [4.69, 9.17) is 10.00 Å². The molecular formula is C17H22BrN3O2. The topological polar surface area (TPSA) is 74.1 Å². The Kier molecular flexibility index (Phi) is 9.76. The summed E-state index contributed by atoms with van der Waals surface area (Å²) < 4.78 is 6.37. The Morgan fingerprint density at radius 1 is 1.30 bits per heavy atom. The van der Waals surface area contributed by atoms with Crippen molar-refractivity contribution in [2.24, 2.45) is 0 Å². The summed E-state index contributed by atoms with van der Waals surface area (Å²) in [5.74, 6) is -0.384. The van der Waals surface area contributed by atoms with Gasteiger partial charge in [-0.2, -0.15) is 5.26 Å². The summed E-state index contributed by atoms with van der Waals surface area (Å²) in [7, 11) is 0. The lowest BCUT2D eigenvalue weighted by molar-refractivity contribution is -0.117. The number of rotatable bonds is 10. The van der Waals surface area contributed by atoms with E-state index in [-0.39, 0.29) is 11.5 Å². The fraction of sp³-hybridized carbons (Fsp3) is 0.412. The summed E-state index contributed by atoms with van der Waals surface area (Å²) in [6, 6.07) is 9.35. The van der Waals surface area contributed by atoms with Crippen LogP contribution in [0.5, 0.6) is 0 Å². The van der Waals surface area contributed by atoms with Crippen LogP contribution in [-0.2, 0) is 9.53 Å². The van der Waals surface area contributed by atoms with Crippen LogP contribution in [0.15, 0.2) is 40.5 Å². The fourth-order valence-corrected chi connectivity index (χ4v) is 1.93. The number of amides is 1. The third kappa shape index (κ3) is 8.38. The molecule has 1 aromatic carbocycles. The number of hydrogen-bond acceptors (Lipinski definition) is 4. The molecule has 0 saturated heterocycles. The van der Waals surface area contributed by atoms with Gasteiger partial charge in [-0.3, -0.25) is 4.79 Å². The molecule has 0 saturated carbocycles. The van der Waals surface area contributed by atoms with Crippen LogP contribution in [0.2, 0.25) is 0 Å². The van der Waals surface area contributed by atoms with Crippen LogP contribution in [-0.4, -0.2) is 25.7 Å². The van der Waals surface area contributed by atoms with E-state index in [1.165, 1.54) is 6.20 Å². The van der Waals surface area contributed by atoms with Crippen LogP contribution in [0.25, 0.3) is 0 Å². The zero-order valence-electron chi connectivity index (χ0n) is 13.3. The zero-order valence-corrected chi connectivity index (χ0v) is 14.9. The molecule has 0 aliphatic heterocycles. The number of anilines is 1. The minimum absolute atomic E-state index is 0.0415. The molecule has 0 atom stereocenters. The first-order chi connectivity index (χ1) is 11.2. The monoisotopic (exact) mass is 379 g/mol. The van der Waals surface area contributed by atoms with Crippen LogP contribution in [0.4, 0.5) is 5.69 Å². The van der Waals surface area contributed by atoms with Gasteiger partial charge in [0.1, 0.15) is 11.6 Å². The highest BCUT2D eigenvalue weighted by Crippen LogP contribution is 2.14. The second-order valence-corrected chi connectivity index (χ2v) is 5.81. The van der Waals surface area contributed by atoms with Gasteiger partial charge in [-0.25, -0.2) is 0 Å². The van der Waals surface area contributed by atoms with Crippen molar-refractivity contribution in [1.82, 2.24) is 5.32 Å². The Labute approximate surface area is 145 Å². The van der Waals surface area contributed by atoms with Gasteiger partial charge in [0.25, 0.3) is 5.91 Å². The Morgan fingerprint density at radius 3 is 2.65 bits per heavy atom. The standard InChI is InChI=1S/C17H22BrN3O2/c1-2-3-10-23-11-4-9-20-17(22)14(12-19)13-21-16-7-5-15(18)6-8-16/h5-8,13,21H,2-4,9-11H2,1H3,(H,20,22)/b14-13-. The summed E-state index contributed by atoms with van der Waals surface area (Å²) in [4.78, 5) is 11.9. The van der Waals surface area contributed by atoms with Crippen molar-refractivity contribution in [2.75, 3.05) is 25.1 Å². The van der Waals surface area contributed by atoms with Crippen LogP contribution < -0.4 is 10.6 Å². The van der Waals surface area contributed by atoms with Crippen molar-refractivity contribution < 1.29 is 9.53 Å².